The van der Waals surface area contributed by atoms with Gasteiger partial charge >= 0.3 is 0 Å². The van der Waals surface area contributed by atoms with E-state index in [9.17, 15) is 0 Å². The summed E-state index contributed by atoms with van der Waals surface area (Å²) in [5, 5.41) is 0. The molecular formula is C28H45N. The maximum Gasteiger partial charge on any atom is 0.0369 e. The van der Waals surface area contributed by atoms with Crippen molar-refractivity contribution in [3.8, 4) is 0 Å². The molecule has 0 fully saturated rings. The second-order valence-corrected chi connectivity index (χ2v) is 7.29. The molecule has 0 saturated carbocycles. The molecule has 0 heterocycles. The molecule has 1 heteroatoms. The Morgan fingerprint density at radius 2 is 1.72 bits per heavy atom. The maximum absolute atomic E-state index is 4.45. The van der Waals surface area contributed by atoms with Crippen molar-refractivity contribution < 1.29 is 0 Å². The van der Waals surface area contributed by atoms with Gasteiger partial charge in [-0.15, -0.1) is 13.2 Å². The Balaban J connectivity index is 0.00000184. The lowest BCUT2D eigenvalue weighted by atomic mass is 9.74. The highest BCUT2D eigenvalue weighted by Crippen LogP contribution is 2.38. The minimum atomic E-state index is 0.481. The van der Waals surface area contributed by atoms with Gasteiger partial charge in [-0.25, -0.2) is 0 Å². The minimum absolute atomic E-state index is 0.481. The fourth-order valence-corrected chi connectivity index (χ4v) is 3.98. The number of allylic oxidation sites excluding steroid dienone is 4. The summed E-state index contributed by atoms with van der Waals surface area (Å²) in [7, 11) is 0. The molecule has 0 radical (unpaired) electrons. The van der Waals surface area contributed by atoms with E-state index in [0.29, 0.717) is 17.8 Å². The molecule has 0 amide bonds. The summed E-state index contributed by atoms with van der Waals surface area (Å²) in [6.45, 7) is 28.0. The van der Waals surface area contributed by atoms with Gasteiger partial charge in [-0.1, -0.05) is 96.2 Å². The molecule has 0 N–H and O–H groups in total. The Morgan fingerprint density at radius 1 is 1.10 bits per heavy atom. The zero-order valence-electron chi connectivity index (χ0n) is 20.2. The number of hydrogen-bond acceptors (Lipinski definition) is 1. The smallest absolute Gasteiger partial charge is 0.0369 e. The Labute approximate surface area is 181 Å². The second-order valence-electron chi connectivity index (χ2n) is 7.29. The molecule has 1 aliphatic carbocycles. The monoisotopic (exact) mass is 395 g/mol. The van der Waals surface area contributed by atoms with Gasteiger partial charge < -0.3 is 4.90 Å². The highest BCUT2D eigenvalue weighted by atomic mass is 15.1. The van der Waals surface area contributed by atoms with Crippen LogP contribution in [0.3, 0.4) is 0 Å². The molecule has 0 aromatic heterocycles. The quantitative estimate of drug-likeness (QED) is 0.399. The zero-order valence-corrected chi connectivity index (χ0v) is 20.2. The van der Waals surface area contributed by atoms with Crippen molar-refractivity contribution in [2.45, 2.75) is 67.2 Å². The van der Waals surface area contributed by atoms with Crippen molar-refractivity contribution in [1.82, 2.24) is 4.90 Å². The summed E-state index contributed by atoms with van der Waals surface area (Å²) in [6.07, 6.45) is 9.45. The highest BCUT2D eigenvalue weighted by molar-refractivity contribution is 5.65. The van der Waals surface area contributed by atoms with E-state index < -0.39 is 0 Å². The van der Waals surface area contributed by atoms with Crippen LogP contribution in [0, 0.1) is 11.8 Å². The van der Waals surface area contributed by atoms with Crippen LogP contribution in [0.15, 0.2) is 67.8 Å². The van der Waals surface area contributed by atoms with Crippen molar-refractivity contribution >= 4 is 5.70 Å². The Morgan fingerprint density at radius 3 is 2.28 bits per heavy atom. The summed E-state index contributed by atoms with van der Waals surface area (Å²) >= 11 is 0. The first-order chi connectivity index (χ1) is 14.0. The van der Waals surface area contributed by atoms with E-state index >= 15 is 0 Å². The Hall–Kier alpha value is -2.02. The third-order valence-corrected chi connectivity index (χ3v) is 5.63. The Bertz CT molecular complexity index is 652. The van der Waals surface area contributed by atoms with Crippen LogP contribution >= 0.6 is 0 Å². The van der Waals surface area contributed by atoms with E-state index in [2.05, 4.69) is 102 Å². The number of benzene rings is 1. The molecule has 0 aliphatic heterocycles. The zero-order chi connectivity index (χ0) is 22.4. The van der Waals surface area contributed by atoms with Crippen LogP contribution in [-0.4, -0.2) is 18.0 Å². The van der Waals surface area contributed by atoms with Crippen LogP contribution in [0.1, 0.15) is 78.4 Å². The molecule has 3 atom stereocenters. The fourth-order valence-electron chi connectivity index (χ4n) is 3.98. The van der Waals surface area contributed by atoms with Gasteiger partial charge in [0.15, 0.2) is 0 Å². The normalized spacial score (nSPS) is 18.4. The number of nitrogens with zero attached hydrogens (tertiary/aromatic N) is 1. The minimum Gasteiger partial charge on any atom is -0.372 e. The second kappa shape index (κ2) is 14.9. The first kappa shape index (κ1) is 27.0. The summed E-state index contributed by atoms with van der Waals surface area (Å²) < 4.78 is 0. The van der Waals surface area contributed by atoms with Gasteiger partial charge in [-0.3, -0.25) is 0 Å². The Kier molecular flexibility index (Phi) is 13.9. The van der Waals surface area contributed by atoms with Crippen LogP contribution in [0.2, 0.25) is 0 Å². The van der Waals surface area contributed by atoms with E-state index in [0.717, 1.165) is 25.9 Å². The van der Waals surface area contributed by atoms with Gasteiger partial charge in [-0.2, -0.15) is 0 Å². The molecule has 162 valence electrons. The third-order valence-electron chi connectivity index (χ3n) is 5.63. The molecule has 0 spiro atoms. The van der Waals surface area contributed by atoms with Crippen molar-refractivity contribution in [3.63, 3.8) is 0 Å². The average molecular weight is 396 g/mol. The van der Waals surface area contributed by atoms with Crippen molar-refractivity contribution in [2.24, 2.45) is 11.8 Å². The van der Waals surface area contributed by atoms with Gasteiger partial charge in [0.25, 0.3) is 0 Å². The largest absolute Gasteiger partial charge is 0.372 e. The topological polar surface area (TPSA) is 3.24 Å². The molecule has 1 aromatic rings. The lowest BCUT2D eigenvalue weighted by Gasteiger charge is -2.32. The molecular weight excluding hydrogens is 350 g/mol. The number of hydrogen-bond donors (Lipinski definition) is 0. The van der Waals surface area contributed by atoms with Gasteiger partial charge in [0.05, 0.1) is 0 Å². The fraction of sp³-hybridized carbons (Fsp3) is 0.500. The van der Waals surface area contributed by atoms with Crippen LogP contribution in [-0.2, 0) is 0 Å². The predicted octanol–water partition coefficient (Wildman–Crippen LogP) is 8.48. The van der Waals surface area contributed by atoms with Gasteiger partial charge in [-0.05, 0) is 43.1 Å². The van der Waals surface area contributed by atoms with E-state index in [4.69, 9.17) is 0 Å². The summed E-state index contributed by atoms with van der Waals surface area (Å²) in [4.78, 5) is 2.41. The van der Waals surface area contributed by atoms with Crippen LogP contribution in [0.25, 0.3) is 5.70 Å². The van der Waals surface area contributed by atoms with E-state index in [1.807, 2.05) is 13.8 Å². The molecule has 2 rings (SSSR count). The summed E-state index contributed by atoms with van der Waals surface area (Å²) in [5.74, 6) is 1.61. The molecule has 1 aliphatic rings. The lowest BCUT2D eigenvalue weighted by Crippen LogP contribution is -2.24. The number of rotatable bonds is 8. The lowest BCUT2D eigenvalue weighted by molar-refractivity contribution is 0.412. The first-order valence-corrected chi connectivity index (χ1v) is 11.4. The molecule has 0 saturated heterocycles. The predicted molar refractivity (Wildman–Crippen MR) is 134 cm³/mol. The van der Waals surface area contributed by atoms with Crippen molar-refractivity contribution in [3.05, 3.63) is 78.9 Å². The maximum atomic E-state index is 4.45. The van der Waals surface area contributed by atoms with Gasteiger partial charge in [0.1, 0.15) is 0 Å². The van der Waals surface area contributed by atoms with Crippen molar-refractivity contribution in [2.75, 3.05) is 13.1 Å². The van der Waals surface area contributed by atoms with Gasteiger partial charge in [0.2, 0.25) is 0 Å². The van der Waals surface area contributed by atoms with E-state index in [1.54, 1.807) is 0 Å². The van der Waals surface area contributed by atoms with Gasteiger partial charge in [0, 0.05) is 24.4 Å². The molecule has 1 aromatic carbocycles. The van der Waals surface area contributed by atoms with E-state index in [-0.39, 0.29) is 0 Å². The molecule has 1 nitrogen and oxygen atoms in total. The first-order valence-electron chi connectivity index (χ1n) is 11.4. The van der Waals surface area contributed by atoms with Crippen molar-refractivity contribution in [1.29, 1.82) is 0 Å². The van der Waals surface area contributed by atoms with Crippen LogP contribution < -0.4 is 0 Å². The SMILES string of the molecule is C=C.C=C(c1ccccc1[C@H](C)C1C=C(CC)C=CC1C)N(CC)CCC.CC. The summed E-state index contributed by atoms with van der Waals surface area (Å²) in [5.41, 5.74) is 5.39. The molecule has 2 unspecified atom stereocenters. The average Bonchev–Trinajstić information content (AvgIpc) is 2.79. The van der Waals surface area contributed by atoms with Crippen LogP contribution in [0.4, 0.5) is 0 Å². The molecule has 29 heavy (non-hydrogen) atoms. The summed E-state index contributed by atoms with van der Waals surface area (Å²) in [6, 6.07) is 8.87. The van der Waals surface area contributed by atoms with E-state index in [1.165, 1.54) is 22.4 Å². The van der Waals surface area contributed by atoms with Crippen LogP contribution in [0.5, 0.6) is 0 Å². The third kappa shape index (κ3) is 7.38. The standard InChI is InChI=1S/C24H35N.C2H6.C2H4/c1-7-16-25(9-3)20(6)23-13-11-10-12-22(23)19(5)24-17-21(8-2)15-14-18(24)4;2*1-2/h10-15,17-19,24H,6-9,16H2,1-5H3;1-2H3;1-2H2/t18?,19-,24?;;/m0../s1. The molecule has 0 bridgehead atoms. The highest BCUT2D eigenvalue weighted by Gasteiger charge is 2.26.